The summed E-state index contributed by atoms with van der Waals surface area (Å²) >= 11 is 0. The maximum atomic E-state index is 13.7. The van der Waals surface area contributed by atoms with E-state index in [1.54, 1.807) is 23.2 Å². The molecule has 2 aliphatic rings. The lowest BCUT2D eigenvalue weighted by atomic mass is 9.72. The van der Waals surface area contributed by atoms with Gasteiger partial charge >= 0.3 is 0 Å². The van der Waals surface area contributed by atoms with Gasteiger partial charge in [-0.3, -0.25) is 19.5 Å². The van der Waals surface area contributed by atoms with Crippen LogP contribution in [0.2, 0.25) is 0 Å². The van der Waals surface area contributed by atoms with Crippen LogP contribution in [0.3, 0.4) is 0 Å². The summed E-state index contributed by atoms with van der Waals surface area (Å²) in [6.07, 6.45) is 2.48. The fourth-order valence-corrected chi connectivity index (χ4v) is 5.18. The number of pyridine rings is 1. The van der Waals surface area contributed by atoms with Crippen LogP contribution in [0.25, 0.3) is 11.0 Å². The van der Waals surface area contributed by atoms with Gasteiger partial charge in [0.2, 0.25) is 11.8 Å². The number of alkyl halides is 1. The first-order chi connectivity index (χ1) is 16.4. The predicted octanol–water partition coefficient (Wildman–Crippen LogP) is 1.87. The van der Waals surface area contributed by atoms with Crippen molar-refractivity contribution in [3.05, 3.63) is 53.3 Å². The number of H-pyrrole nitrogens is 1. The maximum absolute atomic E-state index is 13.7. The van der Waals surface area contributed by atoms with Gasteiger partial charge in [-0.25, -0.2) is 9.37 Å². The van der Waals surface area contributed by atoms with Gasteiger partial charge in [-0.1, -0.05) is 12.1 Å². The molecule has 10 heteroatoms. The summed E-state index contributed by atoms with van der Waals surface area (Å²) in [7, 11) is 0. The first-order valence-electron chi connectivity index (χ1n) is 11.3. The molecular weight excluding hydrogens is 439 g/mol. The van der Waals surface area contributed by atoms with Gasteiger partial charge in [-0.15, -0.1) is 0 Å². The normalized spacial score (nSPS) is 16.8. The van der Waals surface area contributed by atoms with E-state index in [2.05, 4.69) is 20.5 Å². The van der Waals surface area contributed by atoms with Crippen LogP contribution in [0.4, 0.5) is 10.1 Å². The Kier molecular flexibility index (Phi) is 5.51. The van der Waals surface area contributed by atoms with Crippen molar-refractivity contribution in [2.24, 2.45) is 0 Å². The third-order valence-corrected chi connectivity index (χ3v) is 6.81. The molecular formula is C24H25FN6O3. The number of anilines is 1. The quantitative estimate of drug-likeness (QED) is 0.599. The molecule has 2 N–H and O–H groups in total. The van der Waals surface area contributed by atoms with E-state index in [4.69, 9.17) is 0 Å². The number of aryl methyl sites for hydroxylation is 1. The number of halogens is 1. The standard InChI is InChI=1S/C24H25FN6O3/c1-15-3-2-4-19-21(15)24(23(34)31(19)14-20(32)26-10-9-25)7-11-30(12-8-24)22(33)17-6-5-16-18(28-17)13-27-29-16/h2-6,13H,7-12,14H2,1H3,(H,26,32)(H,27,29). The molecule has 1 fully saturated rings. The van der Waals surface area contributed by atoms with Crippen molar-refractivity contribution in [1.82, 2.24) is 25.4 Å². The molecule has 0 saturated carbocycles. The summed E-state index contributed by atoms with van der Waals surface area (Å²) in [4.78, 5) is 46.8. The van der Waals surface area contributed by atoms with Gasteiger partial charge in [-0.05, 0) is 49.1 Å². The van der Waals surface area contributed by atoms with Crippen LogP contribution in [0, 0.1) is 6.92 Å². The van der Waals surface area contributed by atoms with E-state index in [1.807, 2.05) is 25.1 Å². The Morgan fingerprint density at radius 1 is 1.21 bits per heavy atom. The van der Waals surface area contributed by atoms with Crippen LogP contribution in [-0.2, 0) is 15.0 Å². The van der Waals surface area contributed by atoms with Crippen LogP contribution in [0.1, 0.15) is 34.5 Å². The summed E-state index contributed by atoms with van der Waals surface area (Å²) in [5.74, 6) is -0.725. The molecule has 2 aliphatic heterocycles. The summed E-state index contributed by atoms with van der Waals surface area (Å²) in [6, 6.07) is 9.12. The van der Waals surface area contributed by atoms with Crippen molar-refractivity contribution in [2.75, 3.05) is 37.8 Å². The fraction of sp³-hybridized carbons (Fsp3) is 0.375. The van der Waals surface area contributed by atoms with Crippen molar-refractivity contribution in [2.45, 2.75) is 25.2 Å². The number of aromatic amines is 1. The Morgan fingerprint density at radius 2 is 2.00 bits per heavy atom. The van der Waals surface area contributed by atoms with E-state index >= 15 is 0 Å². The van der Waals surface area contributed by atoms with E-state index in [9.17, 15) is 18.8 Å². The number of likely N-dealkylation sites (tertiary alicyclic amines) is 1. The van der Waals surface area contributed by atoms with E-state index in [-0.39, 0.29) is 24.9 Å². The molecule has 9 nitrogen and oxygen atoms in total. The molecule has 4 heterocycles. The zero-order valence-electron chi connectivity index (χ0n) is 18.8. The molecule has 176 valence electrons. The molecule has 2 aromatic heterocycles. The molecule has 0 aliphatic carbocycles. The van der Waals surface area contributed by atoms with Crippen molar-refractivity contribution in [1.29, 1.82) is 0 Å². The number of nitrogens with zero attached hydrogens (tertiary/aromatic N) is 4. The lowest BCUT2D eigenvalue weighted by molar-refractivity contribution is -0.127. The average Bonchev–Trinajstić information content (AvgIpc) is 3.40. The topological polar surface area (TPSA) is 111 Å². The summed E-state index contributed by atoms with van der Waals surface area (Å²) < 4.78 is 12.5. The number of fused-ring (bicyclic) bond motifs is 3. The number of carbonyl (C=O) groups is 3. The number of rotatable bonds is 5. The second kappa shape index (κ2) is 8.51. The maximum Gasteiger partial charge on any atom is 0.272 e. The minimum Gasteiger partial charge on any atom is -0.352 e. The lowest BCUT2D eigenvalue weighted by Gasteiger charge is -2.38. The zero-order valence-corrected chi connectivity index (χ0v) is 18.8. The fourth-order valence-electron chi connectivity index (χ4n) is 5.18. The van der Waals surface area contributed by atoms with Gasteiger partial charge in [0.25, 0.3) is 5.91 Å². The Bertz CT molecular complexity index is 1280. The van der Waals surface area contributed by atoms with E-state index in [0.717, 1.165) is 16.6 Å². The molecule has 0 radical (unpaired) electrons. The molecule has 1 saturated heterocycles. The second-order valence-electron chi connectivity index (χ2n) is 8.77. The molecule has 3 aromatic rings. The first-order valence-corrected chi connectivity index (χ1v) is 11.3. The number of hydrogen-bond acceptors (Lipinski definition) is 5. The SMILES string of the molecule is Cc1cccc2c1C1(CCN(C(=O)c3ccc4[nH]ncc4n3)CC1)C(=O)N2CC(=O)NCCF. The van der Waals surface area contributed by atoms with Crippen LogP contribution < -0.4 is 10.2 Å². The molecule has 3 amide bonds. The van der Waals surface area contributed by atoms with Crippen LogP contribution >= 0.6 is 0 Å². The molecule has 1 spiro atoms. The van der Waals surface area contributed by atoms with Crippen molar-refractivity contribution in [3.63, 3.8) is 0 Å². The van der Waals surface area contributed by atoms with E-state index in [0.29, 0.717) is 42.8 Å². The van der Waals surface area contributed by atoms with E-state index < -0.39 is 18.0 Å². The van der Waals surface area contributed by atoms with Crippen molar-refractivity contribution >= 4 is 34.4 Å². The Morgan fingerprint density at radius 3 is 2.76 bits per heavy atom. The zero-order chi connectivity index (χ0) is 23.9. The minimum absolute atomic E-state index is 0.0810. The Hall–Kier alpha value is -3.82. The smallest absolute Gasteiger partial charge is 0.272 e. The molecule has 5 rings (SSSR count). The highest BCUT2D eigenvalue weighted by Gasteiger charge is 2.53. The third-order valence-electron chi connectivity index (χ3n) is 6.81. The highest BCUT2D eigenvalue weighted by Crippen LogP contribution is 2.49. The average molecular weight is 465 g/mol. The van der Waals surface area contributed by atoms with Crippen LogP contribution in [0.5, 0.6) is 0 Å². The van der Waals surface area contributed by atoms with Gasteiger partial charge in [0.15, 0.2) is 0 Å². The molecule has 0 unspecified atom stereocenters. The third kappa shape index (κ3) is 3.49. The Labute approximate surface area is 195 Å². The number of piperidine rings is 1. The summed E-state index contributed by atoms with van der Waals surface area (Å²) in [6.45, 7) is 1.85. The number of hydrogen-bond donors (Lipinski definition) is 2. The minimum atomic E-state index is -0.792. The van der Waals surface area contributed by atoms with E-state index in [1.165, 1.54) is 4.90 Å². The van der Waals surface area contributed by atoms with Crippen LogP contribution in [-0.4, -0.2) is 70.7 Å². The molecule has 0 bridgehead atoms. The monoisotopic (exact) mass is 464 g/mol. The summed E-state index contributed by atoms with van der Waals surface area (Å²) in [5, 5.41) is 9.26. The first kappa shape index (κ1) is 22.0. The summed E-state index contributed by atoms with van der Waals surface area (Å²) in [5.41, 5.74) is 3.54. The van der Waals surface area contributed by atoms with Gasteiger partial charge in [0.1, 0.15) is 24.4 Å². The van der Waals surface area contributed by atoms with Crippen molar-refractivity contribution in [3.8, 4) is 0 Å². The van der Waals surface area contributed by atoms with Crippen molar-refractivity contribution < 1.29 is 18.8 Å². The number of amides is 3. The number of nitrogens with one attached hydrogen (secondary N) is 2. The molecule has 1 aromatic carbocycles. The highest BCUT2D eigenvalue weighted by molar-refractivity contribution is 6.11. The lowest BCUT2D eigenvalue weighted by Crippen LogP contribution is -2.51. The van der Waals surface area contributed by atoms with Gasteiger partial charge < -0.3 is 15.1 Å². The second-order valence-corrected chi connectivity index (χ2v) is 8.77. The Balaban J connectivity index is 1.38. The van der Waals surface area contributed by atoms with Gasteiger partial charge in [-0.2, -0.15) is 5.10 Å². The molecule has 34 heavy (non-hydrogen) atoms. The largest absolute Gasteiger partial charge is 0.352 e. The number of carbonyl (C=O) groups excluding carboxylic acids is 3. The van der Waals surface area contributed by atoms with Crippen LogP contribution in [0.15, 0.2) is 36.5 Å². The number of aromatic nitrogens is 3. The highest BCUT2D eigenvalue weighted by atomic mass is 19.1. The number of benzene rings is 1. The predicted molar refractivity (Wildman–Crippen MR) is 123 cm³/mol. The van der Waals surface area contributed by atoms with Gasteiger partial charge in [0.05, 0.1) is 17.1 Å². The molecule has 0 atom stereocenters. The van der Waals surface area contributed by atoms with Gasteiger partial charge in [0, 0.05) is 25.3 Å².